The van der Waals surface area contributed by atoms with Gasteiger partial charge in [0.25, 0.3) is 0 Å². The van der Waals surface area contributed by atoms with Gasteiger partial charge in [0.1, 0.15) is 13.4 Å². The molecule has 1 amide bonds. The van der Waals surface area contributed by atoms with Gasteiger partial charge in [-0.25, -0.2) is 4.79 Å². The number of fused-ring (bicyclic) bond motifs is 1. The number of amides is 1. The quantitative estimate of drug-likeness (QED) is 0.500. The van der Waals surface area contributed by atoms with Crippen LogP contribution in [0.1, 0.15) is 19.4 Å². The van der Waals surface area contributed by atoms with E-state index in [1.807, 2.05) is 56.5 Å². The van der Waals surface area contributed by atoms with Crippen LogP contribution < -0.4 is 15.8 Å². The lowest BCUT2D eigenvalue weighted by molar-refractivity contribution is -0.118. The van der Waals surface area contributed by atoms with Crippen LogP contribution in [0.25, 0.3) is 17.0 Å². The van der Waals surface area contributed by atoms with Crippen LogP contribution >= 0.6 is 0 Å². The molecule has 0 radical (unpaired) electrons. The molecule has 162 valence electrons. The van der Waals surface area contributed by atoms with Gasteiger partial charge in [-0.2, -0.15) is 0 Å². The van der Waals surface area contributed by atoms with E-state index in [1.54, 1.807) is 0 Å². The molecule has 0 bridgehead atoms. The summed E-state index contributed by atoms with van der Waals surface area (Å²) in [6, 6.07) is 7.86. The number of nitrogens with one attached hydrogen (secondary N) is 1. The van der Waals surface area contributed by atoms with Crippen molar-refractivity contribution in [2.24, 2.45) is 0 Å². The molecule has 1 aliphatic heterocycles. The largest absolute Gasteiger partial charge is 0.422 e. The van der Waals surface area contributed by atoms with Crippen molar-refractivity contribution in [3.05, 3.63) is 70.8 Å². The zero-order valence-electron chi connectivity index (χ0n) is 18.5. The van der Waals surface area contributed by atoms with Crippen LogP contribution in [0.2, 0.25) is 6.32 Å². The Bertz CT molecular complexity index is 1050. The van der Waals surface area contributed by atoms with Gasteiger partial charge in [0.05, 0.1) is 11.6 Å². The molecule has 0 fully saturated rings. The summed E-state index contributed by atoms with van der Waals surface area (Å²) in [6.45, 7) is 7.26. The summed E-state index contributed by atoms with van der Waals surface area (Å²) >= 11 is 0. The number of hydrogen-bond acceptors (Lipinski definition) is 5. The minimum atomic E-state index is -0.350. The summed E-state index contributed by atoms with van der Waals surface area (Å²) in [5, 5.41) is 3.79. The van der Waals surface area contributed by atoms with Crippen molar-refractivity contribution in [2.45, 2.75) is 26.2 Å². The predicted molar refractivity (Wildman–Crippen MR) is 130 cm³/mol. The number of carbonyl (C=O) groups excluding carboxylic acids is 1. The highest BCUT2D eigenvalue weighted by Crippen LogP contribution is 2.22. The average Bonchev–Trinajstić information content (AvgIpc) is 2.79. The molecule has 1 unspecified atom stereocenters. The lowest BCUT2D eigenvalue weighted by atomic mass is 10.1. The molecule has 1 aromatic carbocycles. The van der Waals surface area contributed by atoms with Gasteiger partial charge in [0.2, 0.25) is 5.91 Å². The molecule has 31 heavy (non-hydrogen) atoms. The smallest absolute Gasteiger partial charge is 0.343 e. The van der Waals surface area contributed by atoms with Crippen LogP contribution in [0.5, 0.6) is 0 Å². The summed E-state index contributed by atoms with van der Waals surface area (Å²) in [6.07, 6.45) is 12.3. The van der Waals surface area contributed by atoms with Crippen molar-refractivity contribution in [3.63, 3.8) is 0 Å². The number of nitrogens with zero attached hydrogens (tertiary/aromatic N) is 2. The second kappa shape index (κ2) is 10.7. The summed E-state index contributed by atoms with van der Waals surface area (Å²) in [4.78, 5) is 28.4. The number of anilines is 1. The van der Waals surface area contributed by atoms with E-state index < -0.39 is 0 Å². The van der Waals surface area contributed by atoms with Gasteiger partial charge in [-0.15, -0.1) is 0 Å². The number of benzene rings is 1. The van der Waals surface area contributed by atoms with Gasteiger partial charge in [-0.1, -0.05) is 18.2 Å². The molecule has 1 N–H and O–H groups in total. The lowest BCUT2D eigenvalue weighted by Crippen LogP contribution is -2.37. The molecule has 2 aromatic rings. The summed E-state index contributed by atoms with van der Waals surface area (Å²) in [5.74, 6) is 0.0431. The van der Waals surface area contributed by atoms with Crippen molar-refractivity contribution in [2.75, 3.05) is 31.1 Å². The van der Waals surface area contributed by atoms with Crippen LogP contribution in [0, 0.1) is 0 Å². The van der Waals surface area contributed by atoms with E-state index in [1.165, 1.54) is 0 Å². The number of carbonyl (C=O) groups is 1. The Hall–Kier alpha value is -3.22. The summed E-state index contributed by atoms with van der Waals surface area (Å²) in [5.41, 5.74) is 1.82. The third kappa shape index (κ3) is 5.69. The Morgan fingerprint density at radius 3 is 2.81 bits per heavy atom. The van der Waals surface area contributed by atoms with Gasteiger partial charge in [0, 0.05) is 43.3 Å². The fourth-order valence-corrected chi connectivity index (χ4v) is 3.62. The molecule has 1 aromatic heterocycles. The molecule has 3 rings (SSSR count). The number of hydrogen-bond donors (Lipinski definition) is 1. The molecule has 2 heterocycles. The Balaban J connectivity index is 1.76. The van der Waals surface area contributed by atoms with Crippen LogP contribution in [-0.4, -0.2) is 50.9 Å². The molecule has 0 spiro atoms. The van der Waals surface area contributed by atoms with Crippen LogP contribution in [0.3, 0.4) is 0 Å². The van der Waals surface area contributed by atoms with Gasteiger partial charge >= 0.3 is 5.63 Å². The number of allylic oxidation sites excluding steroid dienone is 2. The molecule has 0 saturated heterocycles. The monoisotopic (exact) mass is 419 g/mol. The summed E-state index contributed by atoms with van der Waals surface area (Å²) < 4.78 is 5.62. The Morgan fingerprint density at radius 2 is 2.06 bits per heavy atom. The molecule has 0 aliphatic carbocycles. The zero-order valence-corrected chi connectivity index (χ0v) is 18.5. The first-order chi connectivity index (χ1) is 15.0. The van der Waals surface area contributed by atoms with E-state index in [-0.39, 0.29) is 17.6 Å². The highest BCUT2D eigenvalue weighted by molar-refractivity contribution is 6.19. The Kier molecular flexibility index (Phi) is 7.76. The van der Waals surface area contributed by atoms with Crippen LogP contribution in [-0.2, 0) is 4.79 Å². The molecule has 0 saturated carbocycles. The Labute approximate surface area is 184 Å². The maximum Gasteiger partial charge on any atom is 0.343 e. The third-order valence-corrected chi connectivity index (χ3v) is 5.44. The average molecular weight is 419 g/mol. The SMILES string of the molecule is BCC(=O)NCCN1C=CC=CC1/C=C/c1cc2ccc(N(CC)CC)cc2oc1=O. The van der Waals surface area contributed by atoms with Crippen molar-refractivity contribution in [1.29, 1.82) is 0 Å². The van der Waals surface area contributed by atoms with E-state index in [4.69, 9.17) is 4.42 Å². The lowest BCUT2D eigenvalue weighted by Gasteiger charge is -2.28. The molecule has 6 nitrogen and oxygen atoms in total. The first-order valence-electron chi connectivity index (χ1n) is 10.9. The van der Waals surface area contributed by atoms with E-state index in [0.717, 1.165) is 24.2 Å². The maximum atomic E-state index is 12.6. The second-order valence-corrected chi connectivity index (χ2v) is 7.40. The van der Waals surface area contributed by atoms with Gasteiger partial charge < -0.3 is 19.5 Å². The molecule has 1 aliphatic rings. The number of rotatable bonds is 9. The predicted octanol–water partition coefficient (Wildman–Crippen LogP) is 2.57. The third-order valence-electron chi connectivity index (χ3n) is 5.44. The van der Waals surface area contributed by atoms with Crippen LogP contribution in [0.15, 0.2) is 64.0 Å². The highest BCUT2D eigenvalue weighted by Gasteiger charge is 2.12. The first-order valence-corrected chi connectivity index (χ1v) is 10.9. The van der Waals surface area contributed by atoms with Crippen LogP contribution in [0.4, 0.5) is 5.69 Å². The van der Waals surface area contributed by atoms with Gasteiger partial charge in [-0.3, -0.25) is 4.79 Å². The van der Waals surface area contributed by atoms with Gasteiger partial charge in [0.15, 0.2) is 0 Å². The minimum absolute atomic E-state index is 0.00340. The van der Waals surface area contributed by atoms with Crippen molar-refractivity contribution in [3.8, 4) is 0 Å². The second-order valence-electron chi connectivity index (χ2n) is 7.40. The molecule has 7 heteroatoms. The van der Waals surface area contributed by atoms with E-state index in [2.05, 4.69) is 41.1 Å². The molecule has 1 atom stereocenters. The van der Waals surface area contributed by atoms with Crippen molar-refractivity contribution >= 4 is 36.5 Å². The van der Waals surface area contributed by atoms with E-state index in [9.17, 15) is 9.59 Å². The van der Waals surface area contributed by atoms with Crippen molar-refractivity contribution in [1.82, 2.24) is 10.2 Å². The molecular formula is C24H30BN3O3. The maximum absolute atomic E-state index is 12.6. The van der Waals surface area contributed by atoms with E-state index >= 15 is 0 Å². The van der Waals surface area contributed by atoms with Gasteiger partial charge in [-0.05, 0) is 56.7 Å². The topological polar surface area (TPSA) is 65.8 Å². The first kappa shape index (κ1) is 22.5. The highest BCUT2D eigenvalue weighted by atomic mass is 16.4. The summed E-state index contributed by atoms with van der Waals surface area (Å²) in [7, 11) is 1.84. The Morgan fingerprint density at radius 1 is 1.26 bits per heavy atom. The normalized spacial score (nSPS) is 15.7. The standard InChI is InChI=1S/C24H30BN3O3/c1-3-27(4-2)21-11-8-18-15-19(24(30)31-22(18)16-21)9-10-20-7-5-6-13-28(20)14-12-26-23(29)17-25/h5-11,13,15-16,20H,3-4,12,14,17,25H2,1-2H3,(H,26,29)/b10-9+. The molecular weight excluding hydrogens is 389 g/mol. The zero-order chi connectivity index (χ0) is 22.2. The van der Waals surface area contributed by atoms with Crippen molar-refractivity contribution < 1.29 is 9.21 Å². The van der Waals surface area contributed by atoms with E-state index in [0.29, 0.717) is 30.6 Å². The minimum Gasteiger partial charge on any atom is -0.422 e. The fourth-order valence-electron chi connectivity index (χ4n) is 3.62. The fraction of sp³-hybridized carbons (Fsp3) is 0.333.